The van der Waals surface area contributed by atoms with Crippen LogP contribution >= 0.6 is 0 Å². The summed E-state index contributed by atoms with van der Waals surface area (Å²) in [5.41, 5.74) is 1.54. The molecule has 1 aliphatic carbocycles. The third-order valence-electron chi connectivity index (χ3n) is 4.00. The number of urea groups is 1. The third kappa shape index (κ3) is 4.35. The first-order valence-corrected chi connectivity index (χ1v) is 7.57. The summed E-state index contributed by atoms with van der Waals surface area (Å²) in [6.07, 6.45) is 13.4. The average molecular weight is 250 g/mol. The molecule has 2 amide bonds. The van der Waals surface area contributed by atoms with Crippen LogP contribution in [0.1, 0.15) is 57.8 Å². The van der Waals surface area contributed by atoms with Crippen LogP contribution in [0.4, 0.5) is 4.79 Å². The fraction of sp³-hybridized carbons (Fsp3) is 0.800. The lowest BCUT2D eigenvalue weighted by Crippen LogP contribution is -2.40. The van der Waals surface area contributed by atoms with Gasteiger partial charge in [-0.3, -0.25) is 0 Å². The number of nitrogens with zero attached hydrogens (tertiary/aromatic N) is 1. The molecule has 2 aliphatic rings. The molecule has 1 aliphatic heterocycles. The van der Waals surface area contributed by atoms with Gasteiger partial charge in [0.15, 0.2) is 0 Å². The first-order chi connectivity index (χ1) is 8.86. The maximum absolute atomic E-state index is 12.0. The van der Waals surface area contributed by atoms with Gasteiger partial charge in [0.2, 0.25) is 0 Å². The first-order valence-electron chi connectivity index (χ1n) is 7.57. The minimum atomic E-state index is 0.147. The highest BCUT2D eigenvalue weighted by molar-refractivity contribution is 5.74. The number of hydrogen-bond donors (Lipinski definition) is 1. The maximum atomic E-state index is 12.0. The molecule has 102 valence electrons. The molecule has 18 heavy (non-hydrogen) atoms. The van der Waals surface area contributed by atoms with Gasteiger partial charge < -0.3 is 10.2 Å². The van der Waals surface area contributed by atoms with Crippen LogP contribution in [-0.4, -0.2) is 30.6 Å². The van der Waals surface area contributed by atoms with Gasteiger partial charge >= 0.3 is 6.03 Å². The van der Waals surface area contributed by atoms with Crippen molar-refractivity contribution in [2.24, 2.45) is 0 Å². The molecule has 0 saturated carbocycles. The van der Waals surface area contributed by atoms with Crippen molar-refractivity contribution in [3.05, 3.63) is 11.6 Å². The fourth-order valence-corrected chi connectivity index (χ4v) is 2.85. The number of amides is 2. The number of allylic oxidation sites excluding steroid dienone is 1. The van der Waals surface area contributed by atoms with E-state index < -0.39 is 0 Å². The Kier molecular flexibility index (Phi) is 5.56. The standard InChI is InChI=1S/C15H26N2O/c18-15(17-12-6-1-2-7-13-17)16-11-10-14-8-4-3-5-9-14/h8H,1-7,9-13H2,(H,16,18). The van der Waals surface area contributed by atoms with Gasteiger partial charge in [-0.1, -0.05) is 24.5 Å². The Bertz CT molecular complexity index is 291. The van der Waals surface area contributed by atoms with Gasteiger partial charge in [-0.25, -0.2) is 4.79 Å². The molecule has 1 heterocycles. The van der Waals surface area contributed by atoms with Gasteiger partial charge in [0.1, 0.15) is 0 Å². The zero-order chi connectivity index (χ0) is 12.6. The Hall–Kier alpha value is -0.990. The summed E-state index contributed by atoms with van der Waals surface area (Å²) in [6, 6.07) is 0.147. The number of carbonyl (C=O) groups is 1. The van der Waals surface area contributed by atoms with E-state index in [1.807, 2.05) is 4.90 Å². The predicted octanol–water partition coefficient (Wildman–Crippen LogP) is 3.46. The van der Waals surface area contributed by atoms with Crippen molar-refractivity contribution in [3.63, 3.8) is 0 Å². The van der Waals surface area contributed by atoms with Gasteiger partial charge in [0, 0.05) is 19.6 Å². The van der Waals surface area contributed by atoms with E-state index in [2.05, 4.69) is 11.4 Å². The summed E-state index contributed by atoms with van der Waals surface area (Å²) in [6.45, 7) is 2.68. The van der Waals surface area contributed by atoms with E-state index in [-0.39, 0.29) is 6.03 Å². The van der Waals surface area contributed by atoms with E-state index >= 15 is 0 Å². The van der Waals surface area contributed by atoms with Crippen LogP contribution in [0.3, 0.4) is 0 Å². The number of likely N-dealkylation sites (tertiary alicyclic amines) is 1. The second kappa shape index (κ2) is 7.45. The summed E-state index contributed by atoms with van der Waals surface area (Å²) >= 11 is 0. The molecular weight excluding hydrogens is 224 g/mol. The largest absolute Gasteiger partial charge is 0.338 e. The van der Waals surface area contributed by atoms with Crippen LogP contribution in [0, 0.1) is 0 Å². The average Bonchev–Trinajstić information content (AvgIpc) is 2.69. The van der Waals surface area contributed by atoms with Crippen LogP contribution in [0.25, 0.3) is 0 Å². The van der Waals surface area contributed by atoms with Crippen LogP contribution in [0.15, 0.2) is 11.6 Å². The van der Waals surface area contributed by atoms with E-state index in [4.69, 9.17) is 0 Å². The van der Waals surface area contributed by atoms with Crippen molar-refractivity contribution < 1.29 is 4.79 Å². The molecule has 1 N–H and O–H groups in total. The summed E-state index contributed by atoms with van der Waals surface area (Å²) in [7, 11) is 0. The van der Waals surface area contributed by atoms with Gasteiger partial charge in [0.05, 0.1) is 0 Å². The monoisotopic (exact) mass is 250 g/mol. The van der Waals surface area contributed by atoms with Crippen LogP contribution in [0.2, 0.25) is 0 Å². The molecule has 1 fully saturated rings. The van der Waals surface area contributed by atoms with Crippen molar-refractivity contribution in [2.45, 2.75) is 57.8 Å². The molecule has 3 heteroatoms. The lowest BCUT2D eigenvalue weighted by Gasteiger charge is -2.21. The normalized spacial score (nSPS) is 21.1. The Morgan fingerprint density at radius 2 is 1.89 bits per heavy atom. The van der Waals surface area contributed by atoms with E-state index in [1.165, 1.54) is 56.9 Å². The molecule has 0 unspecified atom stereocenters. The number of carbonyl (C=O) groups excluding carboxylic acids is 1. The van der Waals surface area contributed by atoms with Crippen molar-refractivity contribution in [1.29, 1.82) is 0 Å². The van der Waals surface area contributed by atoms with Crippen molar-refractivity contribution in [1.82, 2.24) is 10.2 Å². The van der Waals surface area contributed by atoms with Gasteiger partial charge in [-0.05, 0) is 44.9 Å². The van der Waals surface area contributed by atoms with Gasteiger partial charge in [-0.15, -0.1) is 0 Å². The van der Waals surface area contributed by atoms with E-state index in [9.17, 15) is 4.79 Å². The number of hydrogen-bond acceptors (Lipinski definition) is 1. The molecular formula is C15H26N2O. The molecule has 3 nitrogen and oxygen atoms in total. The van der Waals surface area contributed by atoms with Crippen molar-refractivity contribution in [3.8, 4) is 0 Å². The van der Waals surface area contributed by atoms with E-state index in [1.54, 1.807) is 0 Å². The molecule has 1 saturated heterocycles. The summed E-state index contributed by atoms with van der Waals surface area (Å²) in [5.74, 6) is 0. The van der Waals surface area contributed by atoms with Crippen molar-refractivity contribution in [2.75, 3.05) is 19.6 Å². The topological polar surface area (TPSA) is 32.3 Å². The van der Waals surface area contributed by atoms with Gasteiger partial charge in [-0.2, -0.15) is 0 Å². The Labute approximate surface area is 111 Å². The summed E-state index contributed by atoms with van der Waals surface area (Å²) in [5, 5.41) is 3.07. The molecule has 0 spiro atoms. The first kappa shape index (κ1) is 13.4. The predicted molar refractivity (Wildman–Crippen MR) is 74.6 cm³/mol. The Morgan fingerprint density at radius 1 is 1.11 bits per heavy atom. The van der Waals surface area contributed by atoms with E-state index in [0.29, 0.717) is 0 Å². The molecule has 2 rings (SSSR count). The SMILES string of the molecule is O=C(NCCC1=CCCCC1)N1CCCCCC1. The zero-order valence-corrected chi connectivity index (χ0v) is 11.4. The Morgan fingerprint density at radius 3 is 2.56 bits per heavy atom. The molecule has 0 aromatic carbocycles. The second-order valence-electron chi connectivity index (χ2n) is 5.49. The van der Waals surface area contributed by atoms with E-state index in [0.717, 1.165) is 26.1 Å². The molecule has 0 bridgehead atoms. The van der Waals surface area contributed by atoms with Crippen LogP contribution < -0.4 is 5.32 Å². The molecule has 0 atom stereocenters. The highest BCUT2D eigenvalue weighted by atomic mass is 16.2. The highest BCUT2D eigenvalue weighted by Gasteiger charge is 2.14. The van der Waals surface area contributed by atoms with Crippen LogP contribution in [-0.2, 0) is 0 Å². The highest BCUT2D eigenvalue weighted by Crippen LogP contribution is 2.19. The van der Waals surface area contributed by atoms with Crippen molar-refractivity contribution >= 4 is 6.03 Å². The molecule has 0 radical (unpaired) electrons. The van der Waals surface area contributed by atoms with Gasteiger partial charge in [0.25, 0.3) is 0 Å². The molecule has 0 aromatic rings. The quantitative estimate of drug-likeness (QED) is 0.764. The lowest BCUT2D eigenvalue weighted by atomic mass is 9.97. The second-order valence-corrected chi connectivity index (χ2v) is 5.49. The zero-order valence-electron chi connectivity index (χ0n) is 11.4. The van der Waals surface area contributed by atoms with Crippen LogP contribution in [0.5, 0.6) is 0 Å². The fourth-order valence-electron chi connectivity index (χ4n) is 2.85. The Balaban J connectivity index is 1.65. The maximum Gasteiger partial charge on any atom is 0.317 e. The smallest absolute Gasteiger partial charge is 0.317 e. The summed E-state index contributed by atoms with van der Waals surface area (Å²) in [4.78, 5) is 14.0. The third-order valence-corrected chi connectivity index (χ3v) is 4.00. The summed E-state index contributed by atoms with van der Waals surface area (Å²) < 4.78 is 0. The number of rotatable bonds is 3. The minimum Gasteiger partial charge on any atom is -0.338 e. The number of nitrogens with one attached hydrogen (secondary N) is 1. The minimum absolute atomic E-state index is 0.147. The lowest BCUT2D eigenvalue weighted by molar-refractivity contribution is 0.200. The molecule has 0 aromatic heterocycles.